The summed E-state index contributed by atoms with van der Waals surface area (Å²) in [6, 6.07) is 5.73. The van der Waals surface area contributed by atoms with E-state index in [9.17, 15) is 0 Å². The summed E-state index contributed by atoms with van der Waals surface area (Å²) < 4.78 is 0. The Morgan fingerprint density at radius 1 is 1.50 bits per heavy atom. The van der Waals surface area contributed by atoms with E-state index in [1.54, 1.807) is 11.8 Å². The van der Waals surface area contributed by atoms with E-state index in [1.807, 2.05) is 18.2 Å². The predicted molar refractivity (Wildman–Crippen MR) is 65.7 cm³/mol. The van der Waals surface area contributed by atoms with E-state index in [0.29, 0.717) is 0 Å². The maximum atomic E-state index is 5.71. The van der Waals surface area contributed by atoms with Crippen LogP contribution in [0.1, 0.15) is 19.8 Å². The van der Waals surface area contributed by atoms with Crippen molar-refractivity contribution < 1.29 is 0 Å². The van der Waals surface area contributed by atoms with Crippen LogP contribution in [0.15, 0.2) is 28.1 Å². The molecule has 0 radical (unpaired) electrons. The average Bonchev–Trinajstić information content (AvgIpc) is 2.19. The molecule has 0 aliphatic heterocycles. The third-order valence-corrected chi connectivity index (χ3v) is 3.04. The van der Waals surface area contributed by atoms with Crippen LogP contribution in [0.5, 0.6) is 0 Å². The van der Waals surface area contributed by atoms with Gasteiger partial charge in [-0.05, 0) is 37.1 Å². The molecule has 14 heavy (non-hydrogen) atoms. The van der Waals surface area contributed by atoms with Crippen LogP contribution in [0.25, 0.3) is 0 Å². The van der Waals surface area contributed by atoms with Gasteiger partial charge in [0.2, 0.25) is 0 Å². The van der Waals surface area contributed by atoms with Gasteiger partial charge in [0.15, 0.2) is 0 Å². The zero-order valence-corrected chi connectivity index (χ0v) is 9.31. The fourth-order valence-corrected chi connectivity index (χ4v) is 2.26. The lowest BCUT2D eigenvalue weighted by atomic mass is 10.3. The van der Waals surface area contributed by atoms with Gasteiger partial charge in [0, 0.05) is 10.6 Å². The second kappa shape index (κ2) is 5.70. The molecule has 3 heteroatoms. The fraction of sp³-hybridized carbons (Fsp3) is 0.364. The number of hydrogen-bond acceptors (Lipinski definition) is 3. The molecule has 0 aromatic heterocycles. The molecule has 0 aliphatic carbocycles. The van der Waals surface area contributed by atoms with Gasteiger partial charge in [-0.1, -0.05) is 13.3 Å². The van der Waals surface area contributed by atoms with Gasteiger partial charge >= 0.3 is 0 Å². The number of anilines is 1. The molecule has 76 valence electrons. The molecule has 0 atom stereocenters. The van der Waals surface area contributed by atoms with Crippen molar-refractivity contribution in [2.45, 2.75) is 24.7 Å². The van der Waals surface area contributed by atoms with E-state index in [1.165, 1.54) is 12.8 Å². The molecule has 0 unspecified atom stereocenters. The normalized spacial score (nSPS) is 10.1. The summed E-state index contributed by atoms with van der Waals surface area (Å²) in [4.78, 5) is 5.10. The van der Waals surface area contributed by atoms with E-state index in [0.717, 1.165) is 22.0 Å². The molecule has 0 spiro atoms. The highest BCUT2D eigenvalue weighted by atomic mass is 32.2. The highest BCUT2D eigenvalue weighted by molar-refractivity contribution is 7.99. The molecule has 0 bridgehead atoms. The quantitative estimate of drug-likeness (QED) is 0.348. The Labute approximate surface area is 89.6 Å². The monoisotopic (exact) mass is 208 g/mol. The lowest BCUT2D eigenvalue weighted by Crippen LogP contribution is -1.86. The number of nitrogens with two attached hydrogens (primary N) is 1. The minimum absolute atomic E-state index is 0.788. The van der Waals surface area contributed by atoms with Crippen molar-refractivity contribution in [3.05, 3.63) is 18.2 Å². The molecular weight excluding hydrogens is 192 g/mol. The lowest BCUT2D eigenvalue weighted by molar-refractivity contribution is 0.896. The fourth-order valence-electron chi connectivity index (χ4n) is 1.10. The minimum Gasteiger partial charge on any atom is -0.399 e. The Hall–Kier alpha value is -0.960. The molecule has 1 rings (SSSR count). The van der Waals surface area contributed by atoms with Gasteiger partial charge in [-0.15, -0.1) is 11.8 Å². The van der Waals surface area contributed by atoms with Crippen molar-refractivity contribution in [3.63, 3.8) is 0 Å². The zero-order chi connectivity index (χ0) is 10.4. The van der Waals surface area contributed by atoms with E-state index >= 15 is 0 Å². The Kier molecular flexibility index (Phi) is 4.53. The van der Waals surface area contributed by atoms with Gasteiger partial charge in [-0.25, -0.2) is 0 Å². The topological polar surface area (TPSA) is 38.4 Å². The van der Waals surface area contributed by atoms with Crippen LogP contribution in [0.2, 0.25) is 0 Å². The third kappa shape index (κ3) is 3.07. The van der Waals surface area contributed by atoms with Crippen LogP contribution < -0.4 is 5.73 Å². The summed E-state index contributed by atoms with van der Waals surface area (Å²) in [5, 5.41) is 0. The van der Waals surface area contributed by atoms with Crippen LogP contribution in [-0.2, 0) is 0 Å². The number of benzene rings is 1. The highest BCUT2D eigenvalue weighted by Crippen LogP contribution is 2.31. The highest BCUT2D eigenvalue weighted by Gasteiger charge is 2.01. The molecule has 1 aromatic carbocycles. The molecule has 0 heterocycles. The van der Waals surface area contributed by atoms with Gasteiger partial charge in [0.1, 0.15) is 0 Å². The van der Waals surface area contributed by atoms with Gasteiger partial charge in [-0.3, -0.25) is 4.99 Å². The SMILES string of the molecule is C=Nc1ccc(N)cc1SCCCC. The Morgan fingerprint density at radius 3 is 2.93 bits per heavy atom. The summed E-state index contributed by atoms with van der Waals surface area (Å²) >= 11 is 1.80. The largest absolute Gasteiger partial charge is 0.399 e. The number of unbranched alkanes of at least 4 members (excludes halogenated alkanes) is 1. The lowest BCUT2D eigenvalue weighted by Gasteiger charge is -2.05. The standard InChI is InChI=1S/C11H16N2S/c1-3-4-7-14-11-8-9(12)5-6-10(11)13-2/h5-6,8H,2-4,7,12H2,1H3. The van der Waals surface area contributed by atoms with Crippen LogP contribution in [-0.4, -0.2) is 12.5 Å². The molecule has 2 N–H and O–H groups in total. The third-order valence-electron chi connectivity index (χ3n) is 1.91. The molecule has 0 fully saturated rings. The number of nitrogens with zero attached hydrogens (tertiary/aromatic N) is 1. The Morgan fingerprint density at radius 2 is 2.29 bits per heavy atom. The molecule has 2 nitrogen and oxygen atoms in total. The number of nitrogen functional groups attached to an aromatic ring is 1. The average molecular weight is 208 g/mol. The Bertz CT molecular complexity index is 310. The second-order valence-corrected chi connectivity index (χ2v) is 4.22. The second-order valence-electron chi connectivity index (χ2n) is 3.09. The van der Waals surface area contributed by atoms with E-state index in [2.05, 4.69) is 18.6 Å². The van der Waals surface area contributed by atoms with Crippen LogP contribution >= 0.6 is 11.8 Å². The molecule has 0 saturated carbocycles. The van der Waals surface area contributed by atoms with Crippen molar-refractivity contribution in [2.75, 3.05) is 11.5 Å². The number of rotatable bonds is 5. The van der Waals surface area contributed by atoms with E-state index < -0.39 is 0 Å². The van der Waals surface area contributed by atoms with E-state index in [-0.39, 0.29) is 0 Å². The molecule has 1 aromatic rings. The Balaban J connectivity index is 2.72. The first kappa shape index (κ1) is 11.1. The van der Waals surface area contributed by atoms with Crippen LogP contribution in [0.3, 0.4) is 0 Å². The summed E-state index contributed by atoms with van der Waals surface area (Å²) in [7, 11) is 0. The van der Waals surface area contributed by atoms with Crippen molar-refractivity contribution >= 4 is 29.9 Å². The summed E-state index contributed by atoms with van der Waals surface area (Å²) in [6.45, 7) is 5.73. The number of aliphatic imine (C=N–C) groups is 1. The first-order chi connectivity index (χ1) is 6.77. The number of thioether (sulfide) groups is 1. The van der Waals surface area contributed by atoms with Gasteiger partial charge < -0.3 is 5.73 Å². The van der Waals surface area contributed by atoms with Crippen LogP contribution in [0.4, 0.5) is 11.4 Å². The summed E-state index contributed by atoms with van der Waals surface area (Å²) in [5.41, 5.74) is 7.43. The van der Waals surface area contributed by atoms with Crippen molar-refractivity contribution in [1.29, 1.82) is 0 Å². The van der Waals surface area contributed by atoms with Crippen molar-refractivity contribution in [2.24, 2.45) is 4.99 Å². The van der Waals surface area contributed by atoms with Crippen molar-refractivity contribution in [1.82, 2.24) is 0 Å². The maximum absolute atomic E-state index is 5.71. The maximum Gasteiger partial charge on any atom is 0.0759 e. The predicted octanol–water partition coefficient (Wildman–Crippen LogP) is 3.49. The van der Waals surface area contributed by atoms with E-state index in [4.69, 9.17) is 5.73 Å². The summed E-state index contributed by atoms with van der Waals surface area (Å²) in [6.07, 6.45) is 2.43. The number of hydrogen-bond donors (Lipinski definition) is 1. The first-order valence-corrected chi connectivity index (χ1v) is 5.75. The first-order valence-electron chi connectivity index (χ1n) is 4.77. The van der Waals surface area contributed by atoms with Crippen molar-refractivity contribution in [3.8, 4) is 0 Å². The minimum atomic E-state index is 0.788. The molecule has 0 aliphatic rings. The molecular formula is C11H16N2S. The molecule has 0 saturated heterocycles. The summed E-state index contributed by atoms with van der Waals surface area (Å²) in [5.74, 6) is 1.11. The van der Waals surface area contributed by atoms with Crippen LogP contribution in [0, 0.1) is 0 Å². The van der Waals surface area contributed by atoms with Gasteiger partial charge in [0.05, 0.1) is 5.69 Å². The van der Waals surface area contributed by atoms with Gasteiger partial charge in [0.25, 0.3) is 0 Å². The molecule has 0 amide bonds. The zero-order valence-electron chi connectivity index (χ0n) is 8.49. The smallest absolute Gasteiger partial charge is 0.0759 e. The van der Waals surface area contributed by atoms with Gasteiger partial charge in [-0.2, -0.15) is 0 Å².